The molecule has 162 valence electrons. The Hall–Kier alpha value is -2.47. The number of esters is 1. The average molecular weight is 438 g/mol. The van der Waals surface area contributed by atoms with Crippen molar-refractivity contribution in [3.8, 4) is 17.2 Å². The van der Waals surface area contributed by atoms with Crippen molar-refractivity contribution < 1.29 is 42.0 Å². The first-order valence-electron chi connectivity index (χ1n) is 8.38. The molecule has 3 N–H and O–H groups in total. The molecule has 0 aromatic heterocycles. The standard InChI is InChI=1S/C17H21F3N2O6S/c1-5-28-14(23)11-12(21-15(29)22-16(11,24)17(18,19)20)8-6-9(25-2)13(27-4)10(7-8)26-3/h6-7,11-12,24H,5H2,1-4H3,(H2,21,22,29)/t11-,12-,16+/m1/s1. The zero-order valence-corrected chi connectivity index (χ0v) is 16.9. The van der Waals surface area contributed by atoms with Crippen LogP contribution in [0.2, 0.25) is 0 Å². The Morgan fingerprint density at radius 1 is 1.21 bits per heavy atom. The molecule has 0 spiro atoms. The topological polar surface area (TPSA) is 98.3 Å². The Labute approximate surface area is 170 Å². The van der Waals surface area contributed by atoms with Gasteiger partial charge in [-0.2, -0.15) is 13.2 Å². The molecule has 0 unspecified atom stereocenters. The summed E-state index contributed by atoms with van der Waals surface area (Å²) in [7, 11) is 4.02. The summed E-state index contributed by atoms with van der Waals surface area (Å²) in [5, 5.41) is 14.3. The van der Waals surface area contributed by atoms with Crippen LogP contribution < -0.4 is 24.8 Å². The molecule has 0 saturated carbocycles. The van der Waals surface area contributed by atoms with E-state index in [9.17, 15) is 23.1 Å². The SMILES string of the molecule is CCOC(=O)[C@H]1[C@@H](c2cc(OC)c(OC)c(OC)c2)NC(=S)N[C@@]1(O)C(F)(F)F. The molecule has 0 radical (unpaired) electrons. The number of halogens is 3. The van der Waals surface area contributed by atoms with Crippen molar-refractivity contribution in [1.29, 1.82) is 0 Å². The van der Waals surface area contributed by atoms with Crippen LogP contribution in [0.25, 0.3) is 0 Å². The number of nitrogens with one attached hydrogen (secondary N) is 2. The van der Waals surface area contributed by atoms with E-state index in [2.05, 4.69) is 5.32 Å². The third kappa shape index (κ3) is 4.13. The van der Waals surface area contributed by atoms with Gasteiger partial charge >= 0.3 is 12.1 Å². The number of hydrogen-bond donors (Lipinski definition) is 3. The number of carbonyl (C=O) groups excluding carboxylic acids is 1. The number of carbonyl (C=O) groups is 1. The largest absolute Gasteiger partial charge is 0.493 e. The van der Waals surface area contributed by atoms with E-state index in [4.69, 9.17) is 31.2 Å². The predicted octanol–water partition coefficient (Wildman–Crippen LogP) is 1.66. The van der Waals surface area contributed by atoms with E-state index in [0.29, 0.717) is 0 Å². The Morgan fingerprint density at radius 2 is 1.76 bits per heavy atom. The Morgan fingerprint density at radius 3 is 2.17 bits per heavy atom. The minimum atomic E-state index is -5.24. The summed E-state index contributed by atoms with van der Waals surface area (Å²) in [6, 6.07) is 1.30. The maximum Gasteiger partial charge on any atom is 0.437 e. The smallest absolute Gasteiger partial charge is 0.437 e. The summed E-state index contributed by atoms with van der Waals surface area (Å²) in [6.07, 6.45) is -5.24. The molecule has 29 heavy (non-hydrogen) atoms. The summed E-state index contributed by atoms with van der Waals surface area (Å²) in [6.45, 7) is 1.25. The van der Waals surface area contributed by atoms with Crippen LogP contribution in [0.15, 0.2) is 12.1 Å². The number of thiocarbonyl (C=S) groups is 1. The van der Waals surface area contributed by atoms with Crippen LogP contribution in [0.1, 0.15) is 18.5 Å². The summed E-state index contributed by atoms with van der Waals surface area (Å²) < 4.78 is 61.8. The highest BCUT2D eigenvalue weighted by molar-refractivity contribution is 7.80. The molecule has 2 rings (SSSR count). The molecular weight excluding hydrogens is 417 g/mol. The van der Waals surface area contributed by atoms with Gasteiger partial charge in [-0.3, -0.25) is 4.79 Å². The van der Waals surface area contributed by atoms with E-state index in [0.717, 1.165) is 0 Å². The van der Waals surface area contributed by atoms with E-state index in [-0.39, 0.29) is 29.4 Å². The molecule has 0 bridgehead atoms. The summed E-state index contributed by atoms with van der Waals surface area (Å²) in [5.41, 5.74) is -3.53. The van der Waals surface area contributed by atoms with Gasteiger partial charge in [0.25, 0.3) is 5.72 Å². The van der Waals surface area contributed by atoms with Gasteiger partial charge < -0.3 is 34.7 Å². The van der Waals surface area contributed by atoms with Gasteiger partial charge in [-0.05, 0) is 36.8 Å². The van der Waals surface area contributed by atoms with E-state index in [1.807, 2.05) is 0 Å². The molecule has 1 aliphatic rings. The maximum absolute atomic E-state index is 13.8. The minimum absolute atomic E-state index is 0.129. The van der Waals surface area contributed by atoms with E-state index in [1.54, 1.807) is 5.32 Å². The fraction of sp³-hybridized carbons (Fsp3) is 0.529. The van der Waals surface area contributed by atoms with Gasteiger partial charge in [0, 0.05) is 0 Å². The lowest BCUT2D eigenvalue weighted by molar-refractivity contribution is -0.292. The highest BCUT2D eigenvalue weighted by atomic mass is 32.1. The molecule has 12 heteroatoms. The van der Waals surface area contributed by atoms with E-state index in [1.165, 1.54) is 40.4 Å². The van der Waals surface area contributed by atoms with Gasteiger partial charge in [0.1, 0.15) is 5.92 Å². The van der Waals surface area contributed by atoms with Crippen molar-refractivity contribution in [2.45, 2.75) is 24.9 Å². The second kappa shape index (κ2) is 8.49. The van der Waals surface area contributed by atoms with Crippen LogP contribution in [-0.2, 0) is 9.53 Å². The van der Waals surface area contributed by atoms with Gasteiger partial charge in [0.2, 0.25) is 5.75 Å². The number of ether oxygens (including phenoxy) is 4. The monoisotopic (exact) mass is 438 g/mol. The molecule has 3 atom stereocenters. The molecule has 1 saturated heterocycles. The first-order chi connectivity index (χ1) is 13.5. The van der Waals surface area contributed by atoms with Crippen LogP contribution in [0.5, 0.6) is 17.2 Å². The van der Waals surface area contributed by atoms with Crippen LogP contribution in [0, 0.1) is 5.92 Å². The number of alkyl halides is 3. The Bertz CT molecular complexity index is 766. The normalized spacial score (nSPS) is 24.2. The highest BCUT2D eigenvalue weighted by Crippen LogP contribution is 2.46. The fourth-order valence-corrected chi connectivity index (χ4v) is 3.38. The highest BCUT2D eigenvalue weighted by Gasteiger charge is 2.66. The van der Waals surface area contributed by atoms with Gasteiger partial charge in [-0.25, -0.2) is 0 Å². The van der Waals surface area contributed by atoms with Crippen LogP contribution in [-0.4, -0.2) is 56.0 Å². The third-order valence-corrected chi connectivity index (χ3v) is 4.61. The Balaban J connectivity index is 2.70. The average Bonchev–Trinajstić information content (AvgIpc) is 2.65. The first kappa shape index (κ1) is 22.8. The lowest BCUT2D eigenvalue weighted by atomic mass is 9.82. The Kier molecular flexibility index (Phi) is 6.68. The van der Waals surface area contributed by atoms with E-state index >= 15 is 0 Å². The van der Waals surface area contributed by atoms with Crippen LogP contribution in [0.3, 0.4) is 0 Å². The molecule has 0 aliphatic carbocycles. The molecule has 8 nitrogen and oxygen atoms in total. The fourth-order valence-electron chi connectivity index (χ4n) is 3.10. The van der Waals surface area contributed by atoms with Crippen molar-refractivity contribution in [3.05, 3.63) is 17.7 Å². The number of aliphatic hydroxyl groups is 1. The van der Waals surface area contributed by atoms with Gasteiger partial charge in [-0.15, -0.1) is 0 Å². The third-order valence-electron chi connectivity index (χ3n) is 4.39. The molecule has 1 aromatic carbocycles. The van der Waals surface area contributed by atoms with Crippen molar-refractivity contribution in [2.75, 3.05) is 27.9 Å². The van der Waals surface area contributed by atoms with Gasteiger partial charge in [-0.1, -0.05) is 0 Å². The molecule has 1 heterocycles. The molecular formula is C17H21F3N2O6S. The summed E-state index contributed by atoms with van der Waals surface area (Å²) in [5.74, 6) is -2.91. The van der Waals surface area contributed by atoms with Crippen LogP contribution in [0.4, 0.5) is 13.2 Å². The van der Waals surface area contributed by atoms with Crippen molar-refractivity contribution >= 4 is 23.3 Å². The van der Waals surface area contributed by atoms with Crippen molar-refractivity contribution in [1.82, 2.24) is 10.6 Å². The lowest BCUT2D eigenvalue weighted by Crippen LogP contribution is -2.73. The maximum atomic E-state index is 13.8. The number of hydrogen-bond acceptors (Lipinski definition) is 7. The summed E-state index contributed by atoms with van der Waals surface area (Å²) >= 11 is 4.85. The van der Waals surface area contributed by atoms with Gasteiger partial charge in [0.05, 0.1) is 34.0 Å². The number of benzene rings is 1. The second-order valence-corrected chi connectivity index (χ2v) is 6.44. The van der Waals surface area contributed by atoms with Gasteiger partial charge in [0.15, 0.2) is 16.6 Å². The van der Waals surface area contributed by atoms with Crippen LogP contribution >= 0.6 is 12.2 Å². The number of methoxy groups -OCH3 is 3. The van der Waals surface area contributed by atoms with Crippen molar-refractivity contribution in [2.24, 2.45) is 5.92 Å². The molecule has 0 amide bonds. The molecule has 1 aliphatic heterocycles. The van der Waals surface area contributed by atoms with Crippen molar-refractivity contribution in [3.63, 3.8) is 0 Å². The first-order valence-corrected chi connectivity index (χ1v) is 8.79. The van der Waals surface area contributed by atoms with E-state index < -0.39 is 34.9 Å². The molecule has 1 fully saturated rings. The quantitative estimate of drug-likeness (QED) is 0.453. The molecule has 1 aromatic rings. The number of rotatable bonds is 6. The zero-order valence-electron chi connectivity index (χ0n) is 16.0. The predicted molar refractivity (Wildman–Crippen MR) is 98.8 cm³/mol. The lowest BCUT2D eigenvalue weighted by Gasteiger charge is -2.45. The second-order valence-electron chi connectivity index (χ2n) is 6.03. The zero-order chi connectivity index (χ0) is 22.0. The minimum Gasteiger partial charge on any atom is -0.493 e. The summed E-state index contributed by atoms with van der Waals surface area (Å²) in [4.78, 5) is 12.5.